The molecule has 1 aliphatic rings. The maximum absolute atomic E-state index is 12.8. The Morgan fingerprint density at radius 1 is 0.865 bits per heavy atom. The van der Waals surface area contributed by atoms with Crippen LogP contribution >= 0.6 is 11.8 Å². The number of hydrogen-bond donors (Lipinski definition) is 1. The molecule has 4 aromatic rings. The molecule has 0 saturated carbocycles. The lowest BCUT2D eigenvalue weighted by Crippen LogP contribution is -2.48. The third-order valence-electron chi connectivity index (χ3n) is 6.16. The molecule has 2 amide bonds. The van der Waals surface area contributed by atoms with Gasteiger partial charge in [0.15, 0.2) is 0 Å². The van der Waals surface area contributed by atoms with Gasteiger partial charge in [0.1, 0.15) is 0 Å². The van der Waals surface area contributed by atoms with Crippen molar-refractivity contribution in [3.8, 4) is 5.69 Å². The first kappa shape index (κ1) is 24.5. The average molecular weight is 514 g/mol. The first-order valence-electron chi connectivity index (χ1n) is 12.0. The summed E-state index contributed by atoms with van der Waals surface area (Å²) >= 11 is 1.28. The van der Waals surface area contributed by atoms with Gasteiger partial charge in [-0.25, -0.2) is 0 Å². The van der Waals surface area contributed by atoms with Gasteiger partial charge in [0.05, 0.1) is 11.4 Å². The summed E-state index contributed by atoms with van der Waals surface area (Å²) in [4.78, 5) is 29.5. The Bertz CT molecular complexity index is 1350. The van der Waals surface area contributed by atoms with Crippen molar-refractivity contribution in [2.24, 2.45) is 0 Å². The third kappa shape index (κ3) is 5.97. The predicted molar refractivity (Wildman–Crippen MR) is 144 cm³/mol. The molecular formula is C27H27N7O2S. The van der Waals surface area contributed by atoms with Gasteiger partial charge in [0.2, 0.25) is 11.1 Å². The zero-order valence-corrected chi connectivity index (χ0v) is 21.3. The van der Waals surface area contributed by atoms with Crippen LogP contribution in [0.25, 0.3) is 5.69 Å². The fourth-order valence-electron chi connectivity index (χ4n) is 4.13. The monoisotopic (exact) mass is 513 g/mol. The molecule has 0 radical (unpaired) electrons. The highest BCUT2D eigenvalue weighted by Gasteiger charge is 2.22. The quantitative estimate of drug-likeness (QED) is 0.377. The number of para-hydroxylation sites is 1. The van der Waals surface area contributed by atoms with Crippen molar-refractivity contribution in [3.05, 3.63) is 90.0 Å². The maximum Gasteiger partial charge on any atom is 0.253 e. The van der Waals surface area contributed by atoms with Crippen LogP contribution in [-0.2, 0) is 4.79 Å². The summed E-state index contributed by atoms with van der Waals surface area (Å²) in [5.41, 5.74) is 4.51. The molecule has 5 rings (SSSR count). The number of rotatable bonds is 7. The second-order valence-corrected chi connectivity index (χ2v) is 9.68. The van der Waals surface area contributed by atoms with Crippen molar-refractivity contribution >= 4 is 35.0 Å². The van der Waals surface area contributed by atoms with Crippen molar-refractivity contribution in [3.63, 3.8) is 0 Å². The minimum atomic E-state index is -0.136. The van der Waals surface area contributed by atoms with E-state index >= 15 is 0 Å². The highest BCUT2D eigenvalue weighted by atomic mass is 32.2. The van der Waals surface area contributed by atoms with E-state index < -0.39 is 0 Å². The standard InChI is InChI=1S/C27H27N7O2S/c1-20-7-9-21(10-8-20)26(36)33-17-15-32(16-18-33)23-13-11-22(12-14-23)28-25(35)19-37-27-29-30-31-34(27)24-5-3-2-4-6-24/h2-14H,15-19H2,1H3,(H,28,35). The van der Waals surface area contributed by atoms with Crippen LogP contribution in [0.3, 0.4) is 0 Å². The van der Waals surface area contributed by atoms with Gasteiger partial charge in [-0.1, -0.05) is 47.7 Å². The van der Waals surface area contributed by atoms with Crippen LogP contribution in [0.1, 0.15) is 15.9 Å². The summed E-state index contributed by atoms with van der Waals surface area (Å²) in [6.07, 6.45) is 0. The smallest absolute Gasteiger partial charge is 0.253 e. The molecule has 1 aliphatic heterocycles. The lowest BCUT2D eigenvalue weighted by atomic mass is 10.1. The van der Waals surface area contributed by atoms with Crippen LogP contribution in [0.4, 0.5) is 11.4 Å². The number of anilines is 2. The molecule has 10 heteroatoms. The summed E-state index contributed by atoms with van der Waals surface area (Å²) in [7, 11) is 0. The summed E-state index contributed by atoms with van der Waals surface area (Å²) < 4.78 is 1.61. The number of piperazine rings is 1. The second kappa shape index (κ2) is 11.3. The minimum absolute atomic E-state index is 0.0772. The number of carbonyl (C=O) groups excluding carboxylic acids is 2. The molecule has 1 N–H and O–H groups in total. The van der Waals surface area contributed by atoms with Crippen molar-refractivity contribution in [1.82, 2.24) is 25.1 Å². The number of hydrogen-bond acceptors (Lipinski definition) is 7. The Balaban J connectivity index is 1.11. The number of nitrogens with one attached hydrogen (secondary N) is 1. The van der Waals surface area contributed by atoms with Crippen molar-refractivity contribution < 1.29 is 9.59 Å². The number of amides is 2. The lowest BCUT2D eigenvalue weighted by molar-refractivity contribution is -0.113. The van der Waals surface area contributed by atoms with E-state index in [9.17, 15) is 9.59 Å². The van der Waals surface area contributed by atoms with E-state index in [2.05, 4.69) is 25.7 Å². The molecule has 1 fully saturated rings. The number of thioether (sulfide) groups is 1. The molecule has 0 unspecified atom stereocenters. The van der Waals surface area contributed by atoms with Gasteiger partial charge >= 0.3 is 0 Å². The van der Waals surface area contributed by atoms with E-state index in [0.717, 1.165) is 41.3 Å². The van der Waals surface area contributed by atoms with E-state index in [1.807, 2.05) is 90.7 Å². The van der Waals surface area contributed by atoms with Crippen LogP contribution in [0, 0.1) is 6.92 Å². The van der Waals surface area contributed by atoms with Crippen LogP contribution in [0.15, 0.2) is 84.0 Å². The zero-order valence-electron chi connectivity index (χ0n) is 20.4. The summed E-state index contributed by atoms with van der Waals surface area (Å²) in [6, 6.07) is 25.1. The highest BCUT2D eigenvalue weighted by molar-refractivity contribution is 7.99. The summed E-state index contributed by atoms with van der Waals surface area (Å²) in [6.45, 7) is 4.88. The Labute approximate surface area is 219 Å². The second-order valence-electron chi connectivity index (χ2n) is 8.74. The number of aromatic nitrogens is 4. The zero-order chi connectivity index (χ0) is 25.6. The summed E-state index contributed by atoms with van der Waals surface area (Å²) in [5.74, 6) is 0.128. The highest BCUT2D eigenvalue weighted by Crippen LogP contribution is 2.22. The summed E-state index contributed by atoms with van der Waals surface area (Å²) in [5, 5.41) is 15.3. The van der Waals surface area contributed by atoms with Gasteiger partial charge in [0.25, 0.3) is 5.91 Å². The average Bonchev–Trinajstić information content (AvgIpc) is 3.42. The number of nitrogens with zero attached hydrogens (tertiary/aromatic N) is 6. The molecule has 9 nitrogen and oxygen atoms in total. The van der Waals surface area contributed by atoms with Crippen LogP contribution in [0.2, 0.25) is 0 Å². The van der Waals surface area contributed by atoms with E-state index in [-0.39, 0.29) is 17.6 Å². The predicted octanol–water partition coefficient (Wildman–Crippen LogP) is 3.66. The van der Waals surface area contributed by atoms with E-state index in [0.29, 0.717) is 18.2 Å². The molecule has 0 atom stereocenters. The first-order valence-corrected chi connectivity index (χ1v) is 13.0. The molecule has 0 aliphatic carbocycles. The largest absolute Gasteiger partial charge is 0.368 e. The fraction of sp³-hybridized carbons (Fsp3) is 0.222. The molecule has 1 saturated heterocycles. The van der Waals surface area contributed by atoms with Crippen LogP contribution in [-0.4, -0.2) is 68.9 Å². The lowest BCUT2D eigenvalue weighted by Gasteiger charge is -2.36. The fourth-order valence-corrected chi connectivity index (χ4v) is 4.82. The van der Waals surface area contributed by atoms with Crippen molar-refractivity contribution in [2.75, 3.05) is 42.1 Å². The molecule has 37 heavy (non-hydrogen) atoms. The molecule has 0 spiro atoms. The van der Waals surface area contributed by atoms with E-state index in [4.69, 9.17) is 0 Å². The first-order chi connectivity index (χ1) is 18.1. The SMILES string of the molecule is Cc1ccc(C(=O)N2CCN(c3ccc(NC(=O)CSc4nnnn4-c4ccccc4)cc3)CC2)cc1. The van der Waals surface area contributed by atoms with Gasteiger partial charge in [-0.2, -0.15) is 4.68 Å². The molecular weight excluding hydrogens is 486 g/mol. The third-order valence-corrected chi connectivity index (χ3v) is 7.07. The number of aryl methyl sites for hydroxylation is 1. The van der Waals surface area contributed by atoms with Gasteiger partial charge in [-0.05, 0) is 65.9 Å². The molecule has 1 aromatic heterocycles. The van der Waals surface area contributed by atoms with Crippen molar-refractivity contribution in [2.45, 2.75) is 12.1 Å². The Morgan fingerprint density at radius 2 is 1.57 bits per heavy atom. The van der Waals surface area contributed by atoms with Crippen LogP contribution in [0.5, 0.6) is 0 Å². The molecule has 188 valence electrons. The Morgan fingerprint density at radius 3 is 2.27 bits per heavy atom. The molecule has 2 heterocycles. The Hall–Kier alpha value is -4.18. The van der Waals surface area contributed by atoms with Gasteiger partial charge in [-0.3, -0.25) is 9.59 Å². The topological polar surface area (TPSA) is 96.2 Å². The Kier molecular flexibility index (Phi) is 7.46. The van der Waals surface area contributed by atoms with Crippen molar-refractivity contribution in [1.29, 1.82) is 0 Å². The van der Waals surface area contributed by atoms with Crippen LogP contribution < -0.4 is 10.2 Å². The molecule has 0 bridgehead atoms. The molecule has 3 aromatic carbocycles. The van der Waals surface area contributed by atoms with Gasteiger partial charge < -0.3 is 15.1 Å². The number of benzene rings is 3. The number of tetrazole rings is 1. The normalized spacial score (nSPS) is 13.4. The number of carbonyl (C=O) groups is 2. The van der Waals surface area contributed by atoms with E-state index in [1.165, 1.54) is 11.8 Å². The van der Waals surface area contributed by atoms with E-state index in [1.54, 1.807) is 4.68 Å². The van der Waals surface area contributed by atoms with Gasteiger partial charge in [0, 0.05) is 43.1 Å². The minimum Gasteiger partial charge on any atom is -0.368 e. The van der Waals surface area contributed by atoms with Gasteiger partial charge in [-0.15, -0.1) is 5.10 Å². The maximum atomic E-state index is 12.8.